The number of aromatic nitrogens is 2. The van der Waals surface area contributed by atoms with Crippen LogP contribution in [0.25, 0.3) is 0 Å². The third kappa shape index (κ3) is 6.63. The van der Waals surface area contributed by atoms with Crippen molar-refractivity contribution in [3.8, 4) is 5.75 Å². The normalized spacial score (nSPS) is 13.8. The van der Waals surface area contributed by atoms with Gasteiger partial charge in [0.25, 0.3) is 0 Å². The fourth-order valence-electron chi connectivity index (χ4n) is 2.79. The molecule has 0 N–H and O–H groups in total. The zero-order chi connectivity index (χ0) is 25.5. The van der Waals surface area contributed by atoms with Crippen molar-refractivity contribution >= 4 is 11.4 Å². The van der Waals surface area contributed by atoms with Crippen molar-refractivity contribution in [1.82, 2.24) is 14.7 Å². The van der Waals surface area contributed by atoms with E-state index in [0.717, 1.165) is 17.8 Å². The van der Waals surface area contributed by atoms with Crippen LogP contribution in [0.2, 0.25) is 0 Å². The Bertz CT molecular complexity index is 1010. The average molecular weight is 469 g/mol. The summed E-state index contributed by atoms with van der Waals surface area (Å²) in [7, 11) is 4.87. The molecule has 0 spiro atoms. The first kappa shape index (κ1) is 26.8. The predicted octanol–water partition coefficient (Wildman–Crippen LogP) is 1.73. The molecule has 1 aromatic carbocycles. The number of likely N-dealkylation sites (tertiary alicyclic amines) is 1. The zero-order valence-electron chi connectivity index (χ0n) is 18.5. The summed E-state index contributed by atoms with van der Waals surface area (Å²) in [5.74, 6) is 0.210. The molecule has 1 fully saturated rings. The number of likely N-dealkylation sites (N-methyl/N-ethyl adjacent to an activating group) is 1. The van der Waals surface area contributed by atoms with Gasteiger partial charge in [-0.05, 0) is 33.0 Å². The summed E-state index contributed by atoms with van der Waals surface area (Å²) in [4.78, 5) is 39.5. The smallest absolute Gasteiger partial charge is 0.482 e. The molecule has 16 nitrogen and oxygen atoms in total. The third-order valence-corrected chi connectivity index (χ3v) is 4.54. The largest absolute Gasteiger partial charge is 0.496 e. The van der Waals surface area contributed by atoms with Crippen molar-refractivity contribution in [3.05, 3.63) is 76.1 Å². The van der Waals surface area contributed by atoms with Crippen LogP contribution in [0.3, 0.4) is 0 Å². The predicted molar refractivity (Wildman–Crippen MR) is 113 cm³/mol. The maximum Gasteiger partial charge on any atom is 0.482 e. The van der Waals surface area contributed by atoms with E-state index in [4.69, 9.17) is 4.74 Å². The van der Waals surface area contributed by atoms with E-state index in [9.17, 15) is 40.5 Å². The lowest BCUT2D eigenvalue weighted by Gasteiger charge is -2.32. The molecule has 2 aromatic rings. The average Bonchev–Trinajstić information content (AvgIpc) is 3.00. The molecule has 0 radical (unpaired) electrons. The lowest BCUT2D eigenvalue weighted by molar-refractivity contribution is -0.810. The number of hydrogen-bond acceptors (Lipinski definition) is 11. The number of aryl methyl sites for hydroxylation is 3. The van der Waals surface area contributed by atoms with Crippen LogP contribution >= 0.6 is 0 Å². The Morgan fingerprint density at radius 3 is 1.67 bits per heavy atom. The van der Waals surface area contributed by atoms with Gasteiger partial charge in [-0.3, -0.25) is 50.0 Å². The van der Waals surface area contributed by atoms with Crippen LogP contribution in [0, 0.1) is 54.3 Å². The highest BCUT2D eigenvalue weighted by Crippen LogP contribution is 2.30. The lowest BCUT2D eigenvalue weighted by atomic mass is 10.0. The molecule has 2 heterocycles. The molecule has 16 heteroatoms. The second-order valence-electron chi connectivity index (χ2n) is 7.09. The highest BCUT2D eigenvalue weighted by Gasteiger charge is 2.65. The van der Waals surface area contributed by atoms with Gasteiger partial charge in [-0.25, -0.2) is 0 Å². The summed E-state index contributed by atoms with van der Waals surface area (Å²) in [5.41, 5.74) is -0.757. The minimum absolute atomic E-state index is 0.104. The second kappa shape index (κ2) is 10.9. The van der Waals surface area contributed by atoms with Crippen molar-refractivity contribution in [3.63, 3.8) is 0 Å². The van der Waals surface area contributed by atoms with Gasteiger partial charge in [-0.2, -0.15) is 5.10 Å². The van der Waals surface area contributed by atoms with Crippen LogP contribution in [0.1, 0.15) is 11.4 Å². The Kier molecular flexibility index (Phi) is 8.85. The third-order valence-electron chi connectivity index (χ3n) is 4.54. The van der Waals surface area contributed by atoms with E-state index < -0.39 is 36.7 Å². The second-order valence-corrected chi connectivity index (χ2v) is 7.09. The number of benzene rings is 1. The van der Waals surface area contributed by atoms with Crippen LogP contribution in [-0.4, -0.2) is 67.3 Å². The van der Waals surface area contributed by atoms with Crippen molar-refractivity contribution in [2.45, 2.75) is 19.5 Å². The molecule has 33 heavy (non-hydrogen) atoms. The first-order chi connectivity index (χ1) is 15.2. The number of rotatable bonds is 5. The van der Waals surface area contributed by atoms with Gasteiger partial charge in [0.2, 0.25) is 0 Å². The number of hydrogen-bond donors (Lipinski definition) is 0. The van der Waals surface area contributed by atoms with E-state index in [1.165, 1.54) is 23.8 Å². The van der Waals surface area contributed by atoms with Gasteiger partial charge in [0, 0.05) is 18.8 Å². The quantitative estimate of drug-likeness (QED) is 0.350. The Morgan fingerprint density at radius 2 is 1.42 bits per heavy atom. The summed E-state index contributed by atoms with van der Waals surface area (Å²) in [6.45, 7) is 3.83. The SMILES string of the molecule is CN1CC([N+](=O)[O-])([N+](=O)[O-])C1.COc1ccc([N+](=O)[O-])c([N+](=O)[O-])c1.Cc1cc(C)n(C)n1. The lowest BCUT2D eigenvalue weighted by Crippen LogP contribution is -2.68. The van der Waals surface area contributed by atoms with Crippen LogP contribution in [0.15, 0.2) is 24.3 Å². The van der Waals surface area contributed by atoms with Crippen molar-refractivity contribution in [2.24, 2.45) is 7.05 Å². The van der Waals surface area contributed by atoms with E-state index in [-0.39, 0.29) is 18.8 Å². The summed E-state index contributed by atoms with van der Waals surface area (Å²) < 4.78 is 6.58. The topological polar surface area (TPSA) is 203 Å². The first-order valence-electron chi connectivity index (χ1n) is 9.16. The molecule has 1 aliphatic rings. The van der Waals surface area contributed by atoms with Gasteiger partial charge in [0.1, 0.15) is 28.7 Å². The van der Waals surface area contributed by atoms with Gasteiger partial charge in [-0.1, -0.05) is 0 Å². The maximum atomic E-state index is 10.4. The molecular formula is C17H23N7O9. The standard InChI is InChI=1S/C7H6N2O5.C6H10N2.C4H7N3O4/c1-14-5-2-3-6(8(10)11)7(4-5)9(12)13;1-5-4-6(2)8(3)7-5;1-5-2-4(3-5,6(8)9)7(10)11/h2-4H,1H3;4H,1-3H3;2-3H2,1H3. The summed E-state index contributed by atoms with van der Waals surface area (Å²) >= 11 is 0. The van der Waals surface area contributed by atoms with Gasteiger partial charge in [0.15, 0.2) is 0 Å². The fraction of sp³-hybridized carbons (Fsp3) is 0.471. The van der Waals surface area contributed by atoms with Crippen molar-refractivity contribution < 1.29 is 24.4 Å². The molecule has 0 saturated carbocycles. The number of nitrogens with zero attached hydrogens (tertiary/aromatic N) is 7. The van der Waals surface area contributed by atoms with Crippen LogP contribution < -0.4 is 4.74 Å². The van der Waals surface area contributed by atoms with E-state index >= 15 is 0 Å². The number of ether oxygens (including phenoxy) is 1. The Labute approximate surface area is 187 Å². The zero-order valence-corrected chi connectivity index (χ0v) is 18.5. The minimum Gasteiger partial charge on any atom is -0.496 e. The molecule has 0 unspecified atom stereocenters. The number of nitro benzene ring substituents is 2. The van der Waals surface area contributed by atoms with Crippen molar-refractivity contribution in [1.29, 1.82) is 0 Å². The van der Waals surface area contributed by atoms with Crippen LogP contribution in [0.5, 0.6) is 5.75 Å². The summed E-state index contributed by atoms with van der Waals surface area (Å²) in [6.07, 6.45) is 0. The van der Waals surface area contributed by atoms with Gasteiger partial charge >= 0.3 is 17.0 Å². The minimum atomic E-state index is -1.94. The van der Waals surface area contributed by atoms with E-state index in [2.05, 4.69) is 11.2 Å². The molecule has 1 saturated heterocycles. The molecule has 3 rings (SSSR count). The highest BCUT2D eigenvalue weighted by molar-refractivity contribution is 5.55. The molecule has 180 valence electrons. The fourth-order valence-corrected chi connectivity index (χ4v) is 2.79. The van der Waals surface area contributed by atoms with E-state index in [1.54, 1.807) is 7.05 Å². The van der Waals surface area contributed by atoms with Crippen molar-refractivity contribution in [2.75, 3.05) is 27.2 Å². The van der Waals surface area contributed by atoms with E-state index in [0.29, 0.717) is 0 Å². The van der Waals surface area contributed by atoms with Crippen LogP contribution in [-0.2, 0) is 7.05 Å². The molecule has 0 atom stereocenters. The summed E-state index contributed by atoms with van der Waals surface area (Å²) in [5, 5.41) is 45.4. The summed E-state index contributed by atoms with van der Waals surface area (Å²) in [6, 6.07) is 5.40. The number of nitro groups is 4. The molecule has 0 aliphatic carbocycles. The molecule has 1 aromatic heterocycles. The molecule has 0 amide bonds. The Balaban J connectivity index is 0.000000257. The van der Waals surface area contributed by atoms with Gasteiger partial charge in [0.05, 0.1) is 28.7 Å². The molecule has 1 aliphatic heterocycles. The first-order valence-corrected chi connectivity index (χ1v) is 9.16. The van der Waals surface area contributed by atoms with Gasteiger partial charge in [-0.15, -0.1) is 0 Å². The number of methoxy groups -OCH3 is 1. The maximum absolute atomic E-state index is 10.4. The molecule has 0 bridgehead atoms. The van der Waals surface area contributed by atoms with Crippen LogP contribution in [0.4, 0.5) is 11.4 Å². The van der Waals surface area contributed by atoms with E-state index in [1.807, 2.05) is 25.6 Å². The highest BCUT2D eigenvalue weighted by atomic mass is 16.7. The molecular weight excluding hydrogens is 446 g/mol. The monoisotopic (exact) mass is 469 g/mol. The Morgan fingerprint density at radius 1 is 0.909 bits per heavy atom. The Hall–Kier alpha value is -4.21. The van der Waals surface area contributed by atoms with Gasteiger partial charge < -0.3 is 4.74 Å².